The minimum atomic E-state index is -2.38. The molecule has 0 spiro atoms. The van der Waals surface area contributed by atoms with Crippen molar-refractivity contribution in [2.24, 2.45) is 0 Å². The number of ether oxygens (including phenoxy) is 1. The Morgan fingerprint density at radius 3 is 1.89 bits per heavy atom. The molecule has 0 aliphatic heterocycles. The molecule has 2 aromatic carbocycles. The lowest BCUT2D eigenvalue weighted by molar-refractivity contribution is 0.0747. The van der Waals surface area contributed by atoms with Gasteiger partial charge in [0.2, 0.25) is 0 Å². The average molecular weight is 407 g/mol. The van der Waals surface area contributed by atoms with E-state index in [1.807, 2.05) is 19.1 Å². The fourth-order valence-corrected chi connectivity index (χ4v) is 3.95. The maximum absolute atomic E-state index is 11.9. The van der Waals surface area contributed by atoms with Gasteiger partial charge in [0, 0.05) is 39.5 Å². The number of aliphatic hydroxyl groups is 1. The first-order valence-electron chi connectivity index (χ1n) is 9.09. The summed E-state index contributed by atoms with van der Waals surface area (Å²) in [6.45, 7) is 3.29. The zero-order valence-corrected chi connectivity index (χ0v) is 18.0. The highest BCUT2D eigenvalue weighted by Gasteiger charge is 2.37. The van der Waals surface area contributed by atoms with Gasteiger partial charge >= 0.3 is 8.80 Å². The fourth-order valence-electron chi connectivity index (χ4n) is 2.44. The molecule has 0 heterocycles. The van der Waals surface area contributed by atoms with Crippen LogP contribution in [0.2, 0.25) is 6.04 Å². The first-order valence-corrected chi connectivity index (χ1v) is 11.0. The van der Waals surface area contributed by atoms with Crippen molar-refractivity contribution in [2.75, 3.05) is 34.5 Å². The average Bonchev–Trinajstić information content (AvgIpc) is 2.78. The molecular weight excluding hydrogens is 376 g/mol. The second-order valence-corrected chi connectivity index (χ2v) is 8.88. The predicted molar refractivity (Wildman–Crippen MR) is 110 cm³/mol. The Kier molecular flexibility index (Phi) is 11.5. The Bertz CT molecular complexity index is 653. The summed E-state index contributed by atoms with van der Waals surface area (Å²) in [6, 6.07) is 18.4. The maximum Gasteiger partial charge on any atom is 0.502 e. The molecule has 1 N–H and O–H groups in total. The lowest BCUT2D eigenvalue weighted by Gasteiger charge is -2.23. The second kappa shape index (κ2) is 13.3. The number of carbonyl (C=O) groups excluding carboxylic acids is 1. The summed E-state index contributed by atoms with van der Waals surface area (Å²) in [5.41, 5.74) is 1.15. The maximum atomic E-state index is 11.9. The highest BCUT2D eigenvalue weighted by molar-refractivity contribution is 6.60. The van der Waals surface area contributed by atoms with Gasteiger partial charge < -0.3 is 23.1 Å². The number of rotatable bonds is 10. The van der Waals surface area contributed by atoms with Gasteiger partial charge in [-0.25, -0.2) is 0 Å². The fraction of sp³-hybridized carbons (Fsp3) is 0.381. The highest BCUT2D eigenvalue weighted by atomic mass is 28.4. The van der Waals surface area contributed by atoms with E-state index in [2.05, 4.69) is 0 Å². The monoisotopic (exact) mass is 406 g/mol. The Balaban J connectivity index is 0.000000295. The van der Waals surface area contributed by atoms with Crippen molar-refractivity contribution >= 4 is 14.6 Å². The topological polar surface area (TPSA) is 74.2 Å². The van der Waals surface area contributed by atoms with Crippen LogP contribution in [0.25, 0.3) is 0 Å². The van der Waals surface area contributed by atoms with E-state index < -0.39 is 14.9 Å². The van der Waals surface area contributed by atoms with E-state index in [1.54, 1.807) is 69.9 Å². The van der Waals surface area contributed by atoms with Gasteiger partial charge in [-0.3, -0.25) is 4.79 Å². The van der Waals surface area contributed by atoms with Gasteiger partial charge in [0.15, 0.2) is 5.78 Å². The van der Waals surface area contributed by atoms with Gasteiger partial charge in [-0.1, -0.05) is 60.7 Å². The van der Waals surface area contributed by atoms with Crippen LogP contribution in [-0.2, 0) is 18.0 Å². The van der Waals surface area contributed by atoms with Crippen molar-refractivity contribution in [1.82, 2.24) is 0 Å². The van der Waals surface area contributed by atoms with E-state index in [9.17, 15) is 9.90 Å². The van der Waals surface area contributed by atoms with Crippen LogP contribution in [0.15, 0.2) is 60.7 Å². The molecule has 0 saturated heterocycles. The third-order valence-electron chi connectivity index (χ3n) is 4.11. The van der Waals surface area contributed by atoms with Crippen LogP contribution < -0.4 is 0 Å². The molecule has 1 unspecified atom stereocenters. The standard InChI is InChI=1S/C14H12O2.C7H18O4Si/c15-13(11-7-3-1-4-8-11)14(16)12-9-5-2-6-10-12;1-5-11-6-7-12(8-2,9-3)10-4/h1-10,13,15H;5-7H2,1-4H3. The largest absolute Gasteiger partial charge is 0.502 e. The highest BCUT2D eigenvalue weighted by Crippen LogP contribution is 2.17. The van der Waals surface area contributed by atoms with Crippen molar-refractivity contribution in [2.45, 2.75) is 19.1 Å². The molecule has 0 saturated carbocycles. The summed E-state index contributed by atoms with van der Waals surface area (Å²) >= 11 is 0. The summed E-state index contributed by atoms with van der Waals surface area (Å²) in [6.07, 6.45) is -1.08. The first-order chi connectivity index (χ1) is 13.5. The van der Waals surface area contributed by atoms with E-state index >= 15 is 0 Å². The number of hydrogen-bond acceptors (Lipinski definition) is 6. The van der Waals surface area contributed by atoms with Crippen LogP contribution in [0.3, 0.4) is 0 Å². The van der Waals surface area contributed by atoms with E-state index in [4.69, 9.17) is 18.0 Å². The predicted octanol–water partition coefficient (Wildman–Crippen LogP) is 3.50. The van der Waals surface area contributed by atoms with E-state index in [0.717, 1.165) is 0 Å². The summed E-state index contributed by atoms with van der Waals surface area (Å²) in [5, 5.41) is 9.89. The third-order valence-corrected chi connectivity index (χ3v) is 6.79. The molecule has 0 bridgehead atoms. The lowest BCUT2D eigenvalue weighted by Crippen LogP contribution is -2.43. The Hall–Kier alpha value is -1.87. The van der Waals surface area contributed by atoms with Gasteiger partial charge in [-0.05, 0) is 12.5 Å². The molecule has 154 valence electrons. The van der Waals surface area contributed by atoms with Crippen LogP contribution in [0.4, 0.5) is 0 Å². The smallest absolute Gasteiger partial charge is 0.382 e. The Morgan fingerprint density at radius 2 is 1.43 bits per heavy atom. The summed E-state index contributed by atoms with van der Waals surface area (Å²) in [5.74, 6) is -0.271. The van der Waals surface area contributed by atoms with Gasteiger partial charge in [-0.2, -0.15) is 0 Å². The number of Topliss-reactive ketones (excluding diaryl/α,β-unsaturated/α-hetero) is 1. The molecule has 0 fully saturated rings. The molecule has 0 aliphatic carbocycles. The molecule has 0 radical (unpaired) electrons. The molecule has 28 heavy (non-hydrogen) atoms. The lowest BCUT2D eigenvalue weighted by atomic mass is 10.0. The third kappa shape index (κ3) is 7.63. The van der Waals surface area contributed by atoms with Crippen molar-refractivity contribution in [1.29, 1.82) is 0 Å². The summed E-state index contributed by atoms with van der Waals surface area (Å²) in [7, 11) is 2.43. The van der Waals surface area contributed by atoms with Crippen LogP contribution >= 0.6 is 0 Å². The van der Waals surface area contributed by atoms with Crippen molar-refractivity contribution in [3.63, 3.8) is 0 Å². The number of ketones is 1. The number of aliphatic hydroxyl groups excluding tert-OH is 1. The van der Waals surface area contributed by atoms with Crippen molar-refractivity contribution in [3.05, 3.63) is 71.8 Å². The molecule has 1 atom stereocenters. The zero-order valence-electron chi connectivity index (χ0n) is 17.0. The quantitative estimate of drug-likeness (QED) is 0.370. The van der Waals surface area contributed by atoms with Crippen LogP contribution in [0.5, 0.6) is 0 Å². The number of benzene rings is 2. The van der Waals surface area contributed by atoms with Gasteiger partial charge in [0.05, 0.1) is 6.61 Å². The molecule has 2 aromatic rings. The van der Waals surface area contributed by atoms with Gasteiger partial charge in [-0.15, -0.1) is 0 Å². The molecule has 0 aromatic heterocycles. The van der Waals surface area contributed by atoms with E-state index in [1.165, 1.54) is 0 Å². The van der Waals surface area contributed by atoms with Crippen LogP contribution in [-0.4, -0.2) is 54.2 Å². The summed E-state index contributed by atoms with van der Waals surface area (Å²) in [4.78, 5) is 11.9. The molecule has 0 amide bonds. The Morgan fingerprint density at radius 1 is 0.929 bits per heavy atom. The Labute approximate surface area is 168 Å². The minimum absolute atomic E-state index is 0.271. The number of carbonyl (C=O) groups is 1. The van der Waals surface area contributed by atoms with Crippen molar-refractivity contribution < 1.29 is 27.9 Å². The molecule has 0 aliphatic rings. The molecule has 7 heteroatoms. The number of hydrogen-bond donors (Lipinski definition) is 1. The first kappa shape index (κ1) is 24.2. The minimum Gasteiger partial charge on any atom is -0.382 e. The normalized spacial score (nSPS) is 12.0. The van der Waals surface area contributed by atoms with E-state index in [-0.39, 0.29) is 5.78 Å². The van der Waals surface area contributed by atoms with E-state index in [0.29, 0.717) is 30.4 Å². The SMILES string of the molecule is CCOCC[Si](OC)(OC)OC.O=C(c1ccccc1)C(O)c1ccccc1. The second-order valence-electron chi connectivity index (χ2n) is 5.79. The molecule has 6 nitrogen and oxygen atoms in total. The van der Waals surface area contributed by atoms with Crippen LogP contribution in [0, 0.1) is 0 Å². The van der Waals surface area contributed by atoms with Gasteiger partial charge in [0.1, 0.15) is 6.10 Å². The van der Waals surface area contributed by atoms with Crippen LogP contribution in [0.1, 0.15) is 28.9 Å². The summed E-state index contributed by atoms with van der Waals surface area (Å²) < 4.78 is 20.8. The molecule has 2 rings (SSSR count). The van der Waals surface area contributed by atoms with Gasteiger partial charge in [0.25, 0.3) is 0 Å². The van der Waals surface area contributed by atoms with Crippen molar-refractivity contribution in [3.8, 4) is 0 Å². The zero-order chi connectivity index (χ0) is 20.8. The molecular formula is C21H30O6Si.